The van der Waals surface area contributed by atoms with Gasteiger partial charge in [-0.15, -0.1) is 0 Å². The van der Waals surface area contributed by atoms with Crippen molar-refractivity contribution in [2.75, 3.05) is 10.0 Å². The van der Waals surface area contributed by atoms with E-state index in [1.165, 1.54) is 42.5 Å². The highest BCUT2D eigenvalue weighted by molar-refractivity contribution is 7.92. The van der Waals surface area contributed by atoms with Gasteiger partial charge in [0, 0.05) is 23.7 Å². The van der Waals surface area contributed by atoms with Gasteiger partial charge in [0.25, 0.3) is 15.7 Å². The number of rotatable bonds is 5. The largest absolute Gasteiger partial charge is 0.378 e. The van der Waals surface area contributed by atoms with Crippen LogP contribution in [-0.4, -0.2) is 13.3 Å². The van der Waals surface area contributed by atoms with Gasteiger partial charge in [-0.25, -0.2) is 12.8 Å². The van der Waals surface area contributed by atoms with Crippen LogP contribution >= 0.6 is 0 Å². The van der Waals surface area contributed by atoms with Gasteiger partial charge >= 0.3 is 0 Å². The Kier molecular flexibility index (Phi) is 5.13. The second kappa shape index (κ2) is 8.00. The molecule has 33 heavy (non-hydrogen) atoms. The Bertz CT molecular complexity index is 1370. The third-order valence-electron chi connectivity index (χ3n) is 6.18. The standard InChI is InChI=1S/C24H20FN3O4S/c25-16-9-7-15(8-10-16)24-21-6-2-5-20(21)22-14-19(11-12-23(22)26-24)33(31,32)27-17-3-1-4-18(13-17)28(29)30/h1-5,7-14,20-21,24,26-27H,6H2/t20-,21+,24+/m0/s1. The molecule has 0 unspecified atom stereocenters. The first-order valence-electron chi connectivity index (χ1n) is 10.4. The van der Waals surface area contributed by atoms with Crippen molar-refractivity contribution in [2.45, 2.75) is 23.3 Å². The number of non-ortho nitro benzene ring substituents is 1. The lowest BCUT2D eigenvalue weighted by Gasteiger charge is -2.37. The zero-order chi connectivity index (χ0) is 23.2. The second-order valence-corrected chi connectivity index (χ2v) is 9.87. The highest BCUT2D eigenvalue weighted by Gasteiger charge is 2.38. The average molecular weight is 466 g/mol. The highest BCUT2D eigenvalue weighted by Crippen LogP contribution is 2.50. The van der Waals surface area contributed by atoms with Crippen molar-refractivity contribution < 1.29 is 17.7 Å². The minimum Gasteiger partial charge on any atom is -0.378 e. The Morgan fingerprint density at radius 1 is 1.06 bits per heavy atom. The summed E-state index contributed by atoms with van der Waals surface area (Å²) in [5.41, 5.74) is 2.59. The number of nitrogens with zero attached hydrogens (tertiary/aromatic N) is 1. The van der Waals surface area contributed by atoms with Crippen molar-refractivity contribution in [1.29, 1.82) is 0 Å². The molecule has 9 heteroatoms. The molecule has 2 N–H and O–H groups in total. The molecule has 3 aromatic rings. The number of hydrogen-bond donors (Lipinski definition) is 2. The van der Waals surface area contributed by atoms with Crippen LogP contribution in [0.15, 0.2) is 83.8 Å². The Hall–Kier alpha value is -3.72. The van der Waals surface area contributed by atoms with E-state index in [0.29, 0.717) is 0 Å². The topological polar surface area (TPSA) is 101 Å². The maximum Gasteiger partial charge on any atom is 0.271 e. The molecule has 0 radical (unpaired) electrons. The number of sulfonamides is 1. The van der Waals surface area contributed by atoms with Gasteiger partial charge in [0.2, 0.25) is 0 Å². The summed E-state index contributed by atoms with van der Waals surface area (Å²) in [7, 11) is -3.95. The van der Waals surface area contributed by atoms with E-state index in [-0.39, 0.29) is 40.0 Å². The van der Waals surface area contributed by atoms with E-state index >= 15 is 0 Å². The first kappa shape index (κ1) is 21.1. The van der Waals surface area contributed by atoms with E-state index in [9.17, 15) is 22.9 Å². The number of nitro groups is 1. The molecule has 3 atom stereocenters. The van der Waals surface area contributed by atoms with Crippen LogP contribution in [0.25, 0.3) is 0 Å². The van der Waals surface area contributed by atoms with Crippen molar-refractivity contribution in [1.82, 2.24) is 0 Å². The van der Waals surface area contributed by atoms with Crippen molar-refractivity contribution in [3.05, 3.63) is 106 Å². The molecule has 2 aliphatic rings. The van der Waals surface area contributed by atoms with E-state index in [4.69, 9.17) is 0 Å². The molecule has 7 nitrogen and oxygen atoms in total. The minimum absolute atomic E-state index is 0.0178. The summed E-state index contributed by atoms with van der Waals surface area (Å²) in [6.07, 6.45) is 5.00. The fourth-order valence-corrected chi connectivity index (χ4v) is 5.72. The second-order valence-electron chi connectivity index (χ2n) is 8.19. The van der Waals surface area contributed by atoms with Crippen LogP contribution in [0.4, 0.5) is 21.5 Å². The molecule has 168 valence electrons. The lowest BCUT2D eigenvalue weighted by atomic mass is 9.77. The molecule has 1 aliphatic carbocycles. The van der Waals surface area contributed by atoms with E-state index in [1.54, 1.807) is 24.3 Å². The van der Waals surface area contributed by atoms with Gasteiger partial charge in [0.1, 0.15) is 5.82 Å². The maximum atomic E-state index is 13.4. The Morgan fingerprint density at radius 2 is 1.85 bits per heavy atom. The molecule has 0 spiro atoms. The van der Waals surface area contributed by atoms with E-state index in [0.717, 1.165) is 23.2 Å². The lowest BCUT2D eigenvalue weighted by Crippen LogP contribution is -2.29. The van der Waals surface area contributed by atoms with Gasteiger partial charge in [-0.3, -0.25) is 14.8 Å². The summed E-state index contributed by atoms with van der Waals surface area (Å²) < 4.78 is 41.9. The lowest BCUT2D eigenvalue weighted by molar-refractivity contribution is -0.384. The highest BCUT2D eigenvalue weighted by atomic mass is 32.2. The molecule has 5 rings (SSSR count). The monoisotopic (exact) mass is 465 g/mol. The van der Waals surface area contributed by atoms with E-state index < -0.39 is 14.9 Å². The molecular formula is C24H20FN3O4S. The van der Waals surface area contributed by atoms with Crippen molar-refractivity contribution in [3.8, 4) is 0 Å². The smallest absolute Gasteiger partial charge is 0.271 e. The zero-order valence-corrected chi connectivity index (χ0v) is 18.1. The van der Waals surface area contributed by atoms with Crippen molar-refractivity contribution in [2.24, 2.45) is 5.92 Å². The molecule has 0 amide bonds. The molecule has 0 saturated heterocycles. The van der Waals surface area contributed by atoms with Crippen LogP contribution in [0.1, 0.15) is 29.5 Å². The Morgan fingerprint density at radius 3 is 2.61 bits per heavy atom. The fourth-order valence-electron chi connectivity index (χ4n) is 4.64. The molecule has 0 saturated carbocycles. The van der Waals surface area contributed by atoms with Crippen LogP contribution < -0.4 is 10.0 Å². The number of benzene rings is 3. The number of nitrogens with one attached hydrogen (secondary N) is 2. The number of allylic oxidation sites excluding steroid dienone is 2. The number of fused-ring (bicyclic) bond motifs is 3. The van der Waals surface area contributed by atoms with Crippen LogP contribution in [0.3, 0.4) is 0 Å². The van der Waals surface area contributed by atoms with Crippen LogP contribution in [0, 0.1) is 21.8 Å². The predicted molar refractivity (Wildman–Crippen MR) is 123 cm³/mol. The Balaban J connectivity index is 1.47. The van der Waals surface area contributed by atoms with Crippen LogP contribution in [0.2, 0.25) is 0 Å². The third kappa shape index (κ3) is 3.95. The molecule has 1 aliphatic heterocycles. The molecule has 0 fully saturated rings. The summed E-state index contributed by atoms with van der Waals surface area (Å²) in [4.78, 5) is 10.5. The zero-order valence-electron chi connectivity index (χ0n) is 17.3. The quantitative estimate of drug-likeness (QED) is 0.300. The average Bonchev–Trinajstić information content (AvgIpc) is 3.29. The number of nitro benzene ring substituents is 1. The van der Waals surface area contributed by atoms with Crippen LogP contribution in [0.5, 0.6) is 0 Å². The van der Waals surface area contributed by atoms with E-state index in [1.807, 2.05) is 0 Å². The summed E-state index contributed by atoms with van der Waals surface area (Å²) in [6, 6.07) is 16.7. The maximum absolute atomic E-state index is 13.4. The first-order valence-corrected chi connectivity index (χ1v) is 11.9. The van der Waals surface area contributed by atoms with Crippen LogP contribution in [-0.2, 0) is 10.0 Å². The summed E-state index contributed by atoms with van der Waals surface area (Å²) in [5, 5.41) is 14.5. The number of hydrogen-bond acceptors (Lipinski definition) is 5. The molecule has 1 heterocycles. The number of anilines is 2. The summed E-state index contributed by atoms with van der Waals surface area (Å²) in [6.45, 7) is 0. The van der Waals surface area contributed by atoms with E-state index in [2.05, 4.69) is 22.2 Å². The third-order valence-corrected chi connectivity index (χ3v) is 7.56. The van der Waals surface area contributed by atoms with Gasteiger partial charge < -0.3 is 5.32 Å². The molecule has 3 aromatic carbocycles. The Labute approximate surface area is 190 Å². The van der Waals surface area contributed by atoms with Crippen molar-refractivity contribution >= 4 is 27.1 Å². The molecular weight excluding hydrogens is 445 g/mol. The summed E-state index contributed by atoms with van der Waals surface area (Å²) >= 11 is 0. The molecule has 0 bridgehead atoms. The minimum atomic E-state index is -3.95. The van der Waals surface area contributed by atoms with Crippen molar-refractivity contribution in [3.63, 3.8) is 0 Å². The van der Waals surface area contributed by atoms with Gasteiger partial charge in [-0.05, 0) is 59.9 Å². The van der Waals surface area contributed by atoms with Gasteiger partial charge in [0.15, 0.2) is 0 Å². The fraction of sp³-hybridized carbons (Fsp3) is 0.167. The first-order chi connectivity index (χ1) is 15.8. The van der Waals surface area contributed by atoms with Gasteiger partial charge in [0.05, 0.1) is 21.5 Å². The normalized spacial score (nSPS) is 21.1. The number of halogens is 1. The van der Waals surface area contributed by atoms with Gasteiger partial charge in [-0.2, -0.15) is 0 Å². The summed E-state index contributed by atoms with van der Waals surface area (Å²) in [5.74, 6) is -0.0999. The predicted octanol–water partition coefficient (Wildman–Crippen LogP) is 5.36. The van der Waals surface area contributed by atoms with Gasteiger partial charge in [-0.1, -0.05) is 30.4 Å². The molecule has 0 aromatic heterocycles. The SMILES string of the molecule is O=[N+]([O-])c1cccc(NS(=O)(=O)c2ccc3c(c2)[C@H]2C=CC[C@H]2[C@@H](c2ccc(F)cc2)N3)c1.